The summed E-state index contributed by atoms with van der Waals surface area (Å²) in [5.74, 6) is -1.06. The lowest BCUT2D eigenvalue weighted by Gasteiger charge is -2.18. The standard InChI is InChI=1S/C23H26N2O4/c1-29-14-13-25-16-20(19-9-5-6-10-21(19)25)23(28)24-18(11-12-22(26)27)15-17-7-3-2-4-8-17/h2-10,16,18H,11-15H2,1H3,(H,24,28)(H,26,27). The minimum atomic E-state index is -0.867. The van der Waals surface area contributed by atoms with E-state index in [-0.39, 0.29) is 18.4 Å². The average molecular weight is 394 g/mol. The van der Waals surface area contributed by atoms with Gasteiger partial charge < -0.3 is 19.7 Å². The number of nitrogens with one attached hydrogen (secondary N) is 1. The van der Waals surface area contributed by atoms with Crippen molar-refractivity contribution < 1.29 is 19.4 Å². The number of carboxylic acids is 1. The topological polar surface area (TPSA) is 80.6 Å². The summed E-state index contributed by atoms with van der Waals surface area (Å²) in [5, 5.41) is 13.0. The largest absolute Gasteiger partial charge is 0.481 e. The number of nitrogens with zero attached hydrogens (tertiary/aromatic N) is 1. The monoisotopic (exact) mass is 394 g/mol. The number of amides is 1. The third-order valence-electron chi connectivity index (χ3n) is 4.94. The molecule has 6 heteroatoms. The van der Waals surface area contributed by atoms with Gasteiger partial charge in [-0.2, -0.15) is 0 Å². The highest BCUT2D eigenvalue weighted by Gasteiger charge is 2.19. The number of methoxy groups -OCH3 is 1. The maximum atomic E-state index is 13.1. The number of ether oxygens (including phenoxy) is 1. The van der Waals surface area contributed by atoms with Crippen LogP contribution in [0, 0.1) is 0 Å². The Hall–Kier alpha value is -3.12. The molecule has 0 saturated heterocycles. The average Bonchev–Trinajstić information content (AvgIpc) is 3.10. The van der Waals surface area contributed by atoms with Gasteiger partial charge in [0.15, 0.2) is 0 Å². The van der Waals surface area contributed by atoms with Crippen LogP contribution in [0.1, 0.15) is 28.8 Å². The van der Waals surface area contributed by atoms with Crippen molar-refractivity contribution in [2.24, 2.45) is 0 Å². The van der Waals surface area contributed by atoms with Crippen molar-refractivity contribution in [3.8, 4) is 0 Å². The fourth-order valence-electron chi connectivity index (χ4n) is 3.49. The SMILES string of the molecule is COCCn1cc(C(=O)NC(CCC(=O)O)Cc2ccccc2)c2ccccc21. The van der Waals surface area contributed by atoms with Crippen LogP contribution in [0.4, 0.5) is 0 Å². The molecule has 1 unspecified atom stereocenters. The van der Waals surface area contributed by atoms with Crippen LogP contribution in [0.25, 0.3) is 10.9 Å². The molecule has 0 spiro atoms. The summed E-state index contributed by atoms with van der Waals surface area (Å²) in [6.07, 6.45) is 2.81. The number of carbonyl (C=O) groups excluding carboxylic acids is 1. The van der Waals surface area contributed by atoms with Crippen LogP contribution in [-0.4, -0.2) is 41.3 Å². The van der Waals surface area contributed by atoms with Crippen LogP contribution in [0.3, 0.4) is 0 Å². The number of carboxylic acid groups (broad SMARTS) is 1. The van der Waals surface area contributed by atoms with Gasteiger partial charge in [0.05, 0.1) is 12.2 Å². The lowest BCUT2D eigenvalue weighted by molar-refractivity contribution is -0.137. The molecule has 1 aromatic heterocycles. The fourth-order valence-corrected chi connectivity index (χ4v) is 3.49. The van der Waals surface area contributed by atoms with E-state index in [2.05, 4.69) is 5.32 Å². The zero-order chi connectivity index (χ0) is 20.6. The quantitative estimate of drug-likeness (QED) is 0.552. The molecule has 29 heavy (non-hydrogen) atoms. The summed E-state index contributed by atoms with van der Waals surface area (Å²) in [4.78, 5) is 24.2. The van der Waals surface area contributed by atoms with Crippen molar-refractivity contribution in [3.63, 3.8) is 0 Å². The lowest BCUT2D eigenvalue weighted by Crippen LogP contribution is -2.36. The van der Waals surface area contributed by atoms with Crippen LogP contribution >= 0.6 is 0 Å². The van der Waals surface area contributed by atoms with Crippen LogP contribution in [0.5, 0.6) is 0 Å². The second-order valence-electron chi connectivity index (χ2n) is 7.04. The smallest absolute Gasteiger partial charge is 0.303 e. The molecule has 3 rings (SSSR count). The molecule has 1 heterocycles. The van der Waals surface area contributed by atoms with Gasteiger partial charge in [0.25, 0.3) is 5.91 Å². The molecule has 0 saturated carbocycles. The minimum Gasteiger partial charge on any atom is -0.481 e. The van der Waals surface area contributed by atoms with E-state index >= 15 is 0 Å². The van der Waals surface area contributed by atoms with Gasteiger partial charge in [-0.25, -0.2) is 0 Å². The number of rotatable bonds is 10. The number of fused-ring (bicyclic) bond motifs is 1. The zero-order valence-corrected chi connectivity index (χ0v) is 16.5. The molecule has 0 fully saturated rings. The van der Waals surface area contributed by atoms with E-state index < -0.39 is 5.97 Å². The van der Waals surface area contributed by atoms with Crippen molar-refractivity contribution in [1.29, 1.82) is 0 Å². The molecule has 2 N–H and O–H groups in total. The Morgan fingerprint density at radius 3 is 2.55 bits per heavy atom. The van der Waals surface area contributed by atoms with E-state index in [0.29, 0.717) is 31.6 Å². The Bertz CT molecular complexity index is 965. The van der Waals surface area contributed by atoms with Crippen molar-refractivity contribution in [3.05, 3.63) is 71.9 Å². The highest BCUT2D eigenvalue weighted by molar-refractivity contribution is 6.07. The second kappa shape index (κ2) is 9.89. The summed E-state index contributed by atoms with van der Waals surface area (Å²) in [7, 11) is 1.65. The summed E-state index contributed by atoms with van der Waals surface area (Å²) in [6.45, 7) is 1.20. The number of hydrogen-bond donors (Lipinski definition) is 2. The molecular formula is C23H26N2O4. The number of aliphatic carboxylic acids is 1. The summed E-state index contributed by atoms with van der Waals surface area (Å²) in [5.41, 5.74) is 2.62. The van der Waals surface area contributed by atoms with Crippen molar-refractivity contribution >= 4 is 22.8 Å². The molecule has 1 atom stereocenters. The summed E-state index contributed by atoms with van der Waals surface area (Å²) < 4.78 is 7.18. The predicted molar refractivity (Wildman–Crippen MR) is 112 cm³/mol. The lowest BCUT2D eigenvalue weighted by atomic mass is 10.0. The maximum absolute atomic E-state index is 13.1. The zero-order valence-electron chi connectivity index (χ0n) is 16.5. The van der Waals surface area contributed by atoms with Crippen LogP contribution in [0.2, 0.25) is 0 Å². The van der Waals surface area contributed by atoms with E-state index in [0.717, 1.165) is 16.5 Å². The molecule has 6 nitrogen and oxygen atoms in total. The number of para-hydroxylation sites is 1. The predicted octanol–water partition coefficient (Wildman–Crippen LogP) is 3.49. The first-order valence-electron chi connectivity index (χ1n) is 9.72. The third-order valence-corrected chi connectivity index (χ3v) is 4.94. The second-order valence-corrected chi connectivity index (χ2v) is 7.04. The van der Waals surface area contributed by atoms with Gasteiger partial charge in [-0.05, 0) is 24.5 Å². The Labute approximate surface area is 170 Å². The van der Waals surface area contributed by atoms with Crippen LogP contribution < -0.4 is 5.32 Å². The number of aromatic nitrogens is 1. The van der Waals surface area contributed by atoms with Gasteiger partial charge in [-0.15, -0.1) is 0 Å². The van der Waals surface area contributed by atoms with Crippen LogP contribution in [-0.2, 0) is 22.5 Å². The summed E-state index contributed by atoms with van der Waals surface area (Å²) >= 11 is 0. The van der Waals surface area contributed by atoms with Crippen molar-refractivity contribution in [2.75, 3.05) is 13.7 Å². The van der Waals surface area contributed by atoms with Crippen LogP contribution in [0.15, 0.2) is 60.8 Å². The molecule has 0 aliphatic carbocycles. The minimum absolute atomic E-state index is 0.00732. The Balaban J connectivity index is 1.82. The highest BCUT2D eigenvalue weighted by atomic mass is 16.5. The van der Waals surface area contributed by atoms with E-state index in [1.165, 1.54) is 0 Å². The normalized spacial score (nSPS) is 12.0. The van der Waals surface area contributed by atoms with Crippen molar-refractivity contribution in [1.82, 2.24) is 9.88 Å². The van der Waals surface area contributed by atoms with E-state index in [9.17, 15) is 9.59 Å². The number of benzene rings is 2. The summed E-state index contributed by atoms with van der Waals surface area (Å²) in [6, 6.07) is 17.3. The Morgan fingerprint density at radius 1 is 1.10 bits per heavy atom. The molecular weight excluding hydrogens is 368 g/mol. The molecule has 3 aromatic rings. The van der Waals surface area contributed by atoms with E-state index in [4.69, 9.17) is 9.84 Å². The Kier molecular flexibility index (Phi) is 7.03. The molecule has 152 valence electrons. The van der Waals surface area contributed by atoms with Gasteiger partial charge in [-0.3, -0.25) is 9.59 Å². The third kappa shape index (κ3) is 5.45. The maximum Gasteiger partial charge on any atom is 0.303 e. The van der Waals surface area contributed by atoms with Gasteiger partial charge >= 0.3 is 5.97 Å². The molecule has 0 aliphatic rings. The van der Waals surface area contributed by atoms with E-state index in [1.54, 1.807) is 7.11 Å². The first-order chi connectivity index (χ1) is 14.1. The van der Waals surface area contributed by atoms with Gasteiger partial charge in [0, 0.05) is 43.2 Å². The molecule has 0 aliphatic heterocycles. The first kappa shape index (κ1) is 20.6. The fraction of sp³-hybridized carbons (Fsp3) is 0.304. The molecule has 0 radical (unpaired) electrons. The number of hydrogen-bond acceptors (Lipinski definition) is 3. The van der Waals surface area contributed by atoms with Gasteiger partial charge in [0.1, 0.15) is 0 Å². The first-order valence-corrected chi connectivity index (χ1v) is 9.72. The molecule has 0 bridgehead atoms. The van der Waals surface area contributed by atoms with Crippen molar-refractivity contribution in [2.45, 2.75) is 31.8 Å². The molecule has 1 amide bonds. The van der Waals surface area contributed by atoms with Gasteiger partial charge in [-0.1, -0.05) is 48.5 Å². The Morgan fingerprint density at radius 2 is 1.83 bits per heavy atom. The highest BCUT2D eigenvalue weighted by Crippen LogP contribution is 2.22. The van der Waals surface area contributed by atoms with Gasteiger partial charge in [0.2, 0.25) is 0 Å². The van der Waals surface area contributed by atoms with E-state index in [1.807, 2.05) is 65.4 Å². The number of carbonyl (C=O) groups is 2. The molecule has 2 aromatic carbocycles.